The van der Waals surface area contributed by atoms with Gasteiger partial charge in [-0.2, -0.15) is 0 Å². The monoisotopic (exact) mass is 392 g/mol. The number of morpholine rings is 1. The molecule has 0 bridgehead atoms. The number of hydrogen-bond donors (Lipinski definition) is 2. The number of nitrogens with zero attached hydrogens (tertiary/aromatic N) is 4. The molecule has 29 heavy (non-hydrogen) atoms. The Kier molecular flexibility index (Phi) is 5.87. The number of aryl methyl sites for hydroxylation is 1. The highest BCUT2D eigenvalue weighted by Gasteiger charge is 2.14. The van der Waals surface area contributed by atoms with E-state index in [1.807, 2.05) is 31.6 Å². The number of aromatic nitrogens is 4. The molecular weight excluding hydrogens is 364 g/mol. The Balaban J connectivity index is 1.59. The highest BCUT2D eigenvalue weighted by Crippen LogP contribution is 2.26. The molecule has 1 fully saturated rings. The summed E-state index contributed by atoms with van der Waals surface area (Å²) in [5.41, 5.74) is 6.20. The third-order valence-electron chi connectivity index (χ3n) is 5.10. The molecule has 0 amide bonds. The van der Waals surface area contributed by atoms with Crippen molar-refractivity contribution in [3.05, 3.63) is 48.2 Å². The average molecular weight is 393 g/mol. The predicted octanol–water partition coefficient (Wildman–Crippen LogP) is 3.18. The second kappa shape index (κ2) is 8.71. The van der Waals surface area contributed by atoms with Gasteiger partial charge >= 0.3 is 0 Å². The SMILES string of the molecule is Cc1[nH]c(-c2cc(-c3cncc(N4CCOCC4)c3)ccn2)nc1CNC(C)C. The first-order valence-electron chi connectivity index (χ1n) is 10.1. The Morgan fingerprint density at radius 2 is 2.00 bits per heavy atom. The second-order valence-electron chi connectivity index (χ2n) is 7.65. The van der Waals surface area contributed by atoms with Crippen LogP contribution >= 0.6 is 0 Å². The molecule has 0 aromatic carbocycles. The van der Waals surface area contributed by atoms with E-state index in [4.69, 9.17) is 9.72 Å². The minimum atomic E-state index is 0.419. The van der Waals surface area contributed by atoms with Gasteiger partial charge in [-0.05, 0) is 30.7 Å². The van der Waals surface area contributed by atoms with E-state index in [-0.39, 0.29) is 0 Å². The first-order valence-corrected chi connectivity index (χ1v) is 10.1. The Labute approximate surface area is 171 Å². The van der Waals surface area contributed by atoms with Crippen molar-refractivity contribution in [2.45, 2.75) is 33.4 Å². The summed E-state index contributed by atoms with van der Waals surface area (Å²) < 4.78 is 5.46. The maximum Gasteiger partial charge on any atom is 0.156 e. The second-order valence-corrected chi connectivity index (χ2v) is 7.65. The van der Waals surface area contributed by atoms with E-state index in [2.05, 4.69) is 51.1 Å². The van der Waals surface area contributed by atoms with Gasteiger partial charge in [0, 0.05) is 49.3 Å². The summed E-state index contributed by atoms with van der Waals surface area (Å²) in [4.78, 5) is 19.4. The van der Waals surface area contributed by atoms with E-state index in [1.165, 1.54) is 0 Å². The van der Waals surface area contributed by atoms with Crippen LogP contribution in [0.25, 0.3) is 22.6 Å². The first-order chi connectivity index (χ1) is 14.1. The molecule has 3 aromatic rings. The molecule has 4 rings (SSSR count). The van der Waals surface area contributed by atoms with Gasteiger partial charge in [0.05, 0.1) is 30.8 Å². The number of aromatic amines is 1. The third-order valence-corrected chi connectivity index (χ3v) is 5.10. The molecule has 7 heteroatoms. The molecule has 1 saturated heterocycles. The number of nitrogens with one attached hydrogen (secondary N) is 2. The molecule has 0 saturated carbocycles. The van der Waals surface area contributed by atoms with Gasteiger partial charge in [-0.1, -0.05) is 13.8 Å². The number of hydrogen-bond acceptors (Lipinski definition) is 6. The largest absolute Gasteiger partial charge is 0.378 e. The van der Waals surface area contributed by atoms with Gasteiger partial charge in [-0.3, -0.25) is 9.97 Å². The summed E-state index contributed by atoms with van der Waals surface area (Å²) in [6.07, 6.45) is 5.64. The van der Waals surface area contributed by atoms with Crippen molar-refractivity contribution in [2.75, 3.05) is 31.2 Å². The topological polar surface area (TPSA) is 79.0 Å². The molecule has 4 heterocycles. The fraction of sp³-hybridized carbons (Fsp3) is 0.409. The van der Waals surface area contributed by atoms with Crippen molar-refractivity contribution in [1.82, 2.24) is 25.3 Å². The van der Waals surface area contributed by atoms with Crippen LogP contribution in [0.3, 0.4) is 0 Å². The molecule has 3 aromatic heterocycles. The van der Waals surface area contributed by atoms with Crippen LogP contribution in [0.15, 0.2) is 36.8 Å². The van der Waals surface area contributed by atoms with Crippen molar-refractivity contribution in [2.24, 2.45) is 0 Å². The zero-order valence-corrected chi connectivity index (χ0v) is 17.3. The molecule has 7 nitrogen and oxygen atoms in total. The smallest absolute Gasteiger partial charge is 0.156 e. The first kappa shape index (κ1) is 19.5. The fourth-order valence-corrected chi connectivity index (χ4v) is 3.41. The zero-order chi connectivity index (χ0) is 20.2. The summed E-state index contributed by atoms with van der Waals surface area (Å²) in [6.45, 7) is 10.4. The van der Waals surface area contributed by atoms with Gasteiger partial charge in [0.25, 0.3) is 0 Å². The van der Waals surface area contributed by atoms with Crippen LogP contribution in [0, 0.1) is 6.92 Å². The summed E-state index contributed by atoms with van der Waals surface area (Å²) in [5.74, 6) is 0.794. The minimum absolute atomic E-state index is 0.419. The number of imidazole rings is 1. The van der Waals surface area contributed by atoms with E-state index in [1.54, 1.807) is 0 Å². The van der Waals surface area contributed by atoms with Crippen LogP contribution in [-0.2, 0) is 11.3 Å². The number of rotatable bonds is 6. The number of anilines is 1. The molecule has 0 spiro atoms. The Bertz CT molecular complexity index is 961. The number of ether oxygens (including phenoxy) is 1. The van der Waals surface area contributed by atoms with E-state index in [0.29, 0.717) is 6.04 Å². The van der Waals surface area contributed by atoms with E-state index in [9.17, 15) is 0 Å². The summed E-state index contributed by atoms with van der Waals surface area (Å²) >= 11 is 0. The molecule has 1 aliphatic heterocycles. The zero-order valence-electron chi connectivity index (χ0n) is 17.3. The summed E-state index contributed by atoms with van der Waals surface area (Å²) in [5, 5.41) is 3.42. The van der Waals surface area contributed by atoms with Crippen molar-refractivity contribution in [3.8, 4) is 22.6 Å². The molecule has 0 aliphatic carbocycles. The van der Waals surface area contributed by atoms with Crippen LogP contribution in [-0.4, -0.2) is 52.3 Å². The van der Waals surface area contributed by atoms with Gasteiger partial charge in [0.15, 0.2) is 5.82 Å². The molecule has 1 aliphatic rings. The van der Waals surface area contributed by atoms with Gasteiger partial charge in [-0.15, -0.1) is 0 Å². The van der Waals surface area contributed by atoms with Crippen molar-refractivity contribution in [1.29, 1.82) is 0 Å². The van der Waals surface area contributed by atoms with E-state index in [0.717, 1.165) is 72.6 Å². The highest BCUT2D eigenvalue weighted by molar-refractivity contribution is 5.70. The Morgan fingerprint density at radius 1 is 1.17 bits per heavy atom. The van der Waals surface area contributed by atoms with Crippen molar-refractivity contribution in [3.63, 3.8) is 0 Å². The van der Waals surface area contributed by atoms with Crippen LogP contribution in [0.4, 0.5) is 5.69 Å². The summed E-state index contributed by atoms with van der Waals surface area (Å²) in [7, 11) is 0. The molecule has 2 N–H and O–H groups in total. The lowest BCUT2D eigenvalue weighted by Crippen LogP contribution is -2.36. The van der Waals surface area contributed by atoms with Crippen LogP contribution in [0.5, 0.6) is 0 Å². The van der Waals surface area contributed by atoms with Gasteiger partial charge < -0.3 is 19.9 Å². The fourth-order valence-electron chi connectivity index (χ4n) is 3.41. The maximum absolute atomic E-state index is 5.46. The predicted molar refractivity (Wildman–Crippen MR) is 115 cm³/mol. The highest BCUT2D eigenvalue weighted by atomic mass is 16.5. The van der Waals surface area contributed by atoms with E-state index < -0.39 is 0 Å². The minimum Gasteiger partial charge on any atom is -0.378 e. The van der Waals surface area contributed by atoms with Gasteiger partial charge in [0.2, 0.25) is 0 Å². The molecule has 0 atom stereocenters. The third kappa shape index (κ3) is 4.63. The van der Waals surface area contributed by atoms with Crippen molar-refractivity contribution < 1.29 is 4.74 Å². The quantitative estimate of drug-likeness (QED) is 0.671. The van der Waals surface area contributed by atoms with Gasteiger partial charge in [-0.25, -0.2) is 4.98 Å². The molecular formula is C22H28N6O. The summed E-state index contributed by atoms with van der Waals surface area (Å²) in [6, 6.07) is 6.68. The van der Waals surface area contributed by atoms with Crippen LogP contribution in [0.1, 0.15) is 25.2 Å². The maximum atomic E-state index is 5.46. The van der Waals surface area contributed by atoms with Crippen LogP contribution < -0.4 is 10.2 Å². The lowest BCUT2D eigenvalue weighted by atomic mass is 10.1. The average Bonchev–Trinajstić information content (AvgIpc) is 3.14. The normalized spacial score (nSPS) is 14.6. The number of pyridine rings is 2. The number of H-pyrrole nitrogens is 1. The van der Waals surface area contributed by atoms with Gasteiger partial charge in [0.1, 0.15) is 5.69 Å². The van der Waals surface area contributed by atoms with Crippen molar-refractivity contribution >= 4 is 5.69 Å². The molecule has 152 valence electrons. The van der Waals surface area contributed by atoms with E-state index >= 15 is 0 Å². The lowest BCUT2D eigenvalue weighted by molar-refractivity contribution is 0.122. The standard InChI is InChI=1S/C22H28N6O/c1-15(2)25-14-21-16(3)26-22(27-21)20-11-17(4-5-24-20)18-10-19(13-23-12-18)28-6-8-29-9-7-28/h4-5,10-13,15,25H,6-9,14H2,1-3H3,(H,26,27). The lowest BCUT2D eigenvalue weighted by Gasteiger charge is -2.28. The van der Waals surface area contributed by atoms with Crippen LogP contribution in [0.2, 0.25) is 0 Å². The molecule has 0 unspecified atom stereocenters. The molecule has 0 radical (unpaired) electrons. The Hall–Kier alpha value is -2.77. The Morgan fingerprint density at radius 3 is 2.79 bits per heavy atom.